The van der Waals surface area contributed by atoms with E-state index in [-0.39, 0.29) is 47.7 Å². The Kier molecular flexibility index (Phi) is 5.17. The molecule has 0 fully saturated rings. The Hall–Kier alpha value is -6.85. The number of benzene rings is 7. The van der Waals surface area contributed by atoms with Gasteiger partial charge in [-0.05, 0) is 53.5 Å². The summed E-state index contributed by atoms with van der Waals surface area (Å²) in [4.78, 5) is 15.1. The maximum atomic E-state index is 10.1. The molecule has 10 aromatic rings. The van der Waals surface area contributed by atoms with E-state index in [1.807, 2.05) is 120 Å². The van der Waals surface area contributed by atoms with Crippen LogP contribution in [0, 0.1) is 0 Å². The van der Waals surface area contributed by atoms with Crippen molar-refractivity contribution in [3.8, 4) is 45.5 Å². The van der Waals surface area contributed by atoms with Gasteiger partial charge in [-0.3, -0.25) is 4.57 Å². The lowest BCUT2D eigenvalue weighted by Crippen LogP contribution is -2.06. The normalized spacial score (nSPS) is 13.3. The van der Waals surface area contributed by atoms with E-state index < -0.39 is 0 Å². The lowest BCUT2D eigenvalue weighted by Gasteiger charge is -2.12. The molecule has 0 saturated carbocycles. The van der Waals surface area contributed by atoms with Crippen molar-refractivity contribution >= 4 is 43.6 Å². The topological polar surface area (TPSA) is 48.5 Å². The molecule has 0 aliphatic heterocycles. The number of nitrogens with zero attached hydrogens (tertiary/aromatic N) is 5. The van der Waals surface area contributed by atoms with E-state index >= 15 is 0 Å². The summed E-state index contributed by atoms with van der Waals surface area (Å²) in [5, 5.41) is 1.69. The quantitative estimate of drug-likeness (QED) is 0.187. The average molecular weight is 646 g/mol. The van der Waals surface area contributed by atoms with Crippen LogP contribution in [0.2, 0.25) is 0 Å². The minimum Gasteiger partial charge on any atom is -0.309 e. The first-order valence-corrected chi connectivity index (χ1v) is 16.3. The maximum Gasteiger partial charge on any atom is 0.238 e. The van der Waals surface area contributed by atoms with Gasteiger partial charge in [-0.15, -0.1) is 0 Å². The fourth-order valence-electron chi connectivity index (χ4n) is 6.76. The zero-order valence-electron chi connectivity index (χ0n) is 32.5. The molecule has 5 heteroatoms. The first-order chi connectivity index (χ1) is 27.3. The van der Waals surface area contributed by atoms with Crippen molar-refractivity contribution in [2.24, 2.45) is 0 Å². The molecule has 0 bridgehead atoms. The van der Waals surface area contributed by atoms with Gasteiger partial charge in [0.2, 0.25) is 5.95 Å². The van der Waals surface area contributed by atoms with E-state index in [1.54, 1.807) is 16.7 Å². The van der Waals surface area contributed by atoms with Crippen LogP contribution < -0.4 is 0 Å². The van der Waals surface area contributed by atoms with Crippen LogP contribution in [0.25, 0.3) is 89.2 Å². The smallest absolute Gasteiger partial charge is 0.238 e. The van der Waals surface area contributed by atoms with Crippen LogP contribution in [0.15, 0.2) is 176 Å². The SMILES string of the molecule is [2H]c1cc([2H])c2c(c1)c1c([2H])c3c4cc([2H])cc([2H])c4n(-c4nc(-c5ccccc5)nc(-c5cccc(-c6ccccc6)c5)n4)c3c([2H])c1n2-c1ccccc1. The summed E-state index contributed by atoms with van der Waals surface area (Å²) in [6, 6.07) is 43.5. The Morgan fingerprint density at radius 3 is 1.62 bits per heavy atom. The van der Waals surface area contributed by atoms with Crippen molar-refractivity contribution in [3.05, 3.63) is 176 Å². The standard InChI is InChI=1S/C45H29N5/c1-4-15-30(16-5-1)32-19-14-20-33(27-32)44-46-43(31-17-6-2-7-18-31)47-45(48-44)50-40-26-13-11-24-36(40)38-28-37-35-23-10-12-25-39(35)49(41(37)29-42(38)50)34-21-8-3-9-22-34/h1-29H/i10D,11D,25D,26D,28D,29D. The number of hydrogen-bond acceptors (Lipinski definition) is 3. The van der Waals surface area contributed by atoms with E-state index in [1.165, 1.54) is 12.1 Å². The summed E-state index contributed by atoms with van der Waals surface area (Å²) in [6.07, 6.45) is 0. The monoisotopic (exact) mass is 645 g/mol. The molecule has 234 valence electrons. The minimum absolute atomic E-state index is 0.0131. The van der Waals surface area contributed by atoms with Crippen LogP contribution in [-0.2, 0) is 0 Å². The molecule has 10 rings (SSSR count). The third-order valence-corrected chi connectivity index (χ3v) is 9.04. The molecule has 0 radical (unpaired) electrons. The largest absolute Gasteiger partial charge is 0.309 e. The highest BCUT2D eigenvalue weighted by Crippen LogP contribution is 2.39. The first-order valence-electron chi connectivity index (χ1n) is 19.3. The molecule has 3 aromatic heterocycles. The molecule has 7 aromatic carbocycles. The maximum absolute atomic E-state index is 10.1. The summed E-state index contributed by atoms with van der Waals surface area (Å²) in [6.45, 7) is 0. The third kappa shape index (κ3) is 4.52. The van der Waals surface area contributed by atoms with Gasteiger partial charge in [0.15, 0.2) is 11.6 Å². The molecular weight excluding hydrogens is 611 g/mol. The molecule has 5 nitrogen and oxygen atoms in total. The van der Waals surface area contributed by atoms with Crippen LogP contribution in [0.4, 0.5) is 0 Å². The molecule has 3 heterocycles. The predicted octanol–water partition coefficient (Wildman–Crippen LogP) is 11.1. The summed E-state index contributed by atoms with van der Waals surface area (Å²) in [7, 11) is 0. The third-order valence-electron chi connectivity index (χ3n) is 9.04. The molecule has 0 atom stereocenters. The van der Waals surface area contributed by atoms with Crippen molar-refractivity contribution in [1.29, 1.82) is 0 Å². The van der Waals surface area contributed by atoms with Gasteiger partial charge >= 0.3 is 0 Å². The van der Waals surface area contributed by atoms with E-state index in [0.29, 0.717) is 55.4 Å². The van der Waals surface area contributed by atoms with E-state index in [2.05, 4.69) is 0 Å². The molecule has 0 amide bonds. The Morgan fingerprint density at radius 2 is 0.940 bits per heavy atom. The van der Waals surface area contributed by atoms with Crippen LogP contribution in [0.3, 0.4) is 0 Å². The van der Waals surface area contributed by atoms with Gasteiger partial charge in [0.05, 0.1) is 30.3 Å². The molecular formula is C45H29N5. The Bertz CT molecular complexity index is 3200. The highest BCUT2D eigenvalue weighted by Gasteiger charge is 2.21. The zero-order chi connectivity index (χ0) is 38.2. The second-order valence-corrected chi connectivity index (χ2v) is 12.0. The van der Waals surface area contributed by atoms with Gasteiger partial charge < -0.3 is 4.57 Å². The van der Waals surface area contributed by atoms with Crippen molar-refractivity contribution in [2.45, 2.75) is 0 Å². The number of fused-ring (bicyclic) bond motifs is 6. The second-order valence-electron chi connectivity index (χ2n) is 12.0. The Morgan fingerprint density at radius 1 is 0.400 bits per heavy atom. The summed E-state index contributed by atoms with van der Waals surface area (Å²) >= 11 is 0. The van der Waals surface area contributed by atoms with Crippen molar-refractivity contribution < 1.29 is 8.22 Å². The van der Waals surface area contributed by atoms with Crippen LogP contribution >= 0.6 is 0 Å². The number of aromatic nitrogens is 5. The molecule has 0 aliphatic rings. The van der Waals surface area contributed by atoms with E-state index in [4.69, 9.17) is 19.1 Å². The highest BCUT2D eigenvalue weighted by molar-refractivity contribution is 6.19. The van der Waals surface area contributed by atoms with E-state index in [0.717, 1.165) is 22.3 Å². The lowest BCUT2D eigenvalue weighted by molar-refractivity contribution is 0.953. The van der Waals surface area contributed by atoms with Crippen molar-refractivity contribution in [1.82, 2.24) is 24.1 Å². The van der Waals surface area contributed by atoms with Crippen molar-refractivity contribution in [2.75, 3.05) is 0 Å². The average Bonchev–Trinajstić information content (AvgIpc) is 3.76. The fraction of sp³-hybridized carbons (Fsp3) is 0. The second kappa shape index (κ2) is 11.4. The van der Waals surface area contributed by atoms with Gasteiger partial charge in [-0.2, -0.15) is 9.97 Å². The Balaban J connectivity index is 1.37. The number of hydrogen-bond donors (Lipinski definition) is 0. The minimum atomic E-state index is 0.0131. The van der Waals surface area contributed by atoms with Gasteiger partial charge in [-0.1, -0.05) is 133 Å². The molecule has 0 N–H and O–H groups in total. The molecule has 0 saturated heterocycles. The number of rotatable bonds is 5. The Labute approximate surface area is 296 Å². The van der Waals surface area contributed by atoms with Gasteiger partial charge in [0, 0.05) is 38.4 Å². The fourth-order valence-corrected chi connectivity index (χ4v) is 6.76. The van der Waals surface area contributed by atoms with Gasteiger partial charge in [-0.25, -0.2) is 4.98 Å². The van der Waals surface area contributed by atoms with Crippen LogP contribution in [-0.4, -0.2) is 24.1 Å². The lowest BCUT2D eigenvalue weighted by atomic mass is 10.0. The number of para-hydroxylation sites is 3. The van der Waals surface area contributed by atoms with Gasteiger partial charge in [0.25, 0.3) is 0 Å². The molecule has 0 spiro atoms. The molecule has 0 aliphatic carbocycles. The first kappa shape index (κ1) is 22.7. The molecule has 0 unspecified atom stereocenters. The van der Waals surface area contributed by atoms with Gasteiger partial charge in [0.1, 0.15) is 0 Å². The van der Waals surface area contributed by atoms with Crippen LogP contribution in [0.1, 0.15) is 8.22 Å². The summed E-state index contributed by atoms with van der Waals surface area (Å²) in [5.41, 5.74) is 5.65. The van der Waals surface area contributed by atoms with Crippen molar-refractivity contribution in [3.63, 3.8) is 0 Å². The summed E-state index contributed by atoms with van der Waals surface area (Å²) in [5.74, 6) is 0.909. The zero-order valence-corrected chi connectivity index (χ0v) is 26.5. The highest BCUT2D eigenvalue weighted by atomic mass is 15.2. The summed E-state index contributed by atoms with van der Waals surface area (Å²) < 4.78 is 58.9. The van der Waals surface area contributed by atoms with Crippen LogP contribution in [0.5, 0.6) is 0 Å². The van der Waals surface area contributed by atoms with E-state index in [9.17, 15) is 4.11 Å². The molecule has 50 heavy (non-hydrogen) atoms. The predicted molar refractivity (Wildman–Crippen MR) is 205 cm³/mol.